The second kappa shape index (κ2) is 7.18. The maximum atomic E-state index is 6.18. The van der Waals surface area contributed by atoms with E-state index in [1.54, 1.807) is 0 Å². The van der Waals surface area contributed by atoms with Gasteiger partial charge in [0.25, 0.3) is 0 Å². The molecule has 0 aliphatic heterocycles. The van der Waals surface area contributed by atoms with E-state index >= 15 is 0 Å². The van der Waals surface area contributed by atoms with Crippen molar-refractivity contribution in [3.8, 4) is 0 Å². The van der Waals surface area contributed by atoms with Crippen LogP contribution < -0.4 is 4.90 Å². The van der Waals surface area contributed by atoms with Gasteiger partial charge in [0.2, 0.25) is 0 Å². The van der Waals surface area contributed by atoms with E-state index in [9.17, 15) is 0 Å². The van der Waals surface area contributed by atoms with Gasteiger partial charge in [-0.2, -0.15) is 0 Å². The zero-order chi connectivity index (χ0) is 12.0. The van der Waals surface area contributed by atoms with Crippen LogP contribution in [0.25, 0.3) is 0 Å². The molecule has 0 radical (unpaired) electrons. The Morgan fingerprint density at radius 2 is 2.06 bits per heavy atom. The number of hydrogen-bond acceptors (Lipinski definition) is 1. The van der Waals surface area contributed by atoms with Crippen LogP contribution in [0.15, 0.2) is 18.2 Å². The summed E-state index contributed by atoms with van der Waals surface area (Å²) in [7, 11) is 2.13. The highest BCUT2D eigenvalue weighted by Gasteiger charge is 2.09. The molecule has 0 aliphatic carbocycles. The highest BCUT2D eigenvalue weighted by Crippen LogP contribution is 2.29. The minimum Gasteiger partial charge on any atom is -0.374 e. The lowest BCUT2D eigenvalue weighted by Gasteiger charge is -2.22. The van der Waals surface area contributed by atoms with Gasteiger partial charge in [0, 0.05) is 35.2 Å². The standard InChI is InChI=1S/C13H19BrClN/c1-3-4-5-9-16(2)13-8-6-7-12(15)11(13)10-14/h6-8H,3-5,9-10H2,1-2H3. The van der Waals surface area contributed by atoms with Crippen LogP contribution in [0, 0.1) is 0 Å². The highest BCUT2D eigenvalue weighted by molar-refractivity contribution is 9.08. The maximum absolute atomic E-state index is 6.18. The largest absolute Gasteiger partial charge is 0.374 e. The van der Waals surface area contributed by atoms with Crippen molar-refractivity contribution in [1.29, 1.82) is 0 Å². The predicted molar refractivity (Wildman–Crippen MR) is 76.9 cm³/mol. The van der Waals surface area contributed by atoms with E-state index in [0.717, 1.165) is 16.9 Å². The van der Waals surface area contributed by atoms with Crippen molar-refractivity contribution in [2.45, 2.75) is 31.5 Å². The Kier molecular flexibility index (Phi) is 6.22. The Morgan fingerprint density at radius 1 is 1.31 bits per heavy atom. The molecule has 1 nitrogen and oxygen atoms in total. The molecule has 0 spiro atoms. The SMILES string of the molecule is CCCCCN(C)c1cccc(Cl)c1CBr. The van der Waals surface area contributed by atoms with E-state index in [0.29, 0.717) is 0 Å². The zero-order valence-corrected chi connectivity index (χ0v) is 12.3. The van der Waals surface area contributed by atoms with E-state index in [-0.39, 0.29) is 0 Å². The van der Waals surface area contributed by atoms with E-state index in [2.05, 4.69) is 40.9 Å². The van der Waals surface area contributed by atoms with Crippen molar-refractivity contribution in [3.05, 3.63) is 28.8 Å². The molecule has 90 valence electrons. The van der Waals surface area contributed by atoms with Crippen LogP contribution in [0.5, 0.6) is 0 Å². The van der Waals surface area contributed by atoms with Crippen LogP contribution in [0.3, 0.4) is 0 Å². The molecule has 0 bridgehead atoms. The van der Waals surface area contributed by atoms with Crippen LogP contribution >= 0.6 is 27.5 Å². The van der Waals surface area contributed by atoms with E-state index in [4.69, 9.17) is 11.6 Å². The molecule has 0 fully saturated rings. The molecule has 0 amide bonds. The van der Waals surface area contributed by atoms with Gasteiger partial charge in [-0.1, -0.05) is 53.4 Å². The first kappa shape index (κ1) is 13.9. The van der Waals surface area contributed by atoms with Gasteiger partial charge in [0.15, 0.2) is 0 Å². The Bertz CT molecular complexity index is 328. The van der Waals surface area contributed by atoms with E-state index in [1.807, 2.05) is 12.1 Å². The molecule has 0 saturated heterocycles. The molecule has 1 rings (SSSR count). The number of halogens is 2. The third-order valence-corrected chi connectivity index (χ3v) is 3.65. The van der Waals surface area contributed by atoms with Gasteiger partial charge in [0.1, 0.15) is 0 Å². The number of anilines is 1. The van der Waals surface area contributed by atoms with Gasteiger partial charge in [-0.25, -0.2) is 0 Å². The van der Waals surface area contributed by atoms with Gasteiger partial charge >= 0.3 is 0 Å². The molecule has 1 aromatic carbocycles. The third-order valence-electron chi connectivity index (χ3n) is 2.74. The minimum atomic E-state index is 0.806. The monoisotopic (exact) mass is 303 g/mol. The van der Waals surface area contributed by atoms with Crippen molar-refractivity contribution in [1.82, 2.24) is 0 Å². The first-order chi connectivity index (χ1) is 7.70. The second-order valence-corrected chi connectivity index (χ2v) is 4.97. The van der Waals surface area contributed by atoms with Crippen LogP contribution in [-0.4, -0.2) is 13.6 Å². The summed E-state index contributed by atoms with van der Waals surface area (Å²) in [6.07, 6.45) is 3.78. The number of benzene rings is 1. The molecule has 0 aromatic heterocycles. The Balaban J connectivity index is 2.74. The Hall–Kier alpha value is -0.210. The summed E-state index contributed by atoms with van der Waals surface area (Å²) < 4.78 is 0. The van der Waals surface area contributed by atoms with E-state index < -0.39 is 0 Å². The lowest BCUT2D eigenvalue weighted by Crippen LogP contribution is -2.19. The second-order valence-electron chi connectivity index (χ2n) is 4.00. The van der Waals surface area contributed by atoms with Crippen molar-refractivity contribution in [3.63, 3.8) is 0 Å². The zero-order valence-electron chi connectivity index (χ0n) is 9.97. The summed E-state index contributed by atoms with van der Waals surface area (Å²) in [5.41, 5.74) is 2.42. The molecule has 0 atom stereocenters. The summed E-state index contributed by atoms with van der Waals surface area (Å²) in [5, 5.41) is 1.65. The van der Waals surface area contributed by atoms with Gasteiger partial charge in [-0.15, -0.1) is 0 Å². The van der Waals surface area contributed by atoms with Gasteiger partial charge in [-0.3, -0.25) is 0 Å². The first-order valence-electron chi connectivity index (χ1n) is 5.75. The fourth-order valence-electron chi connectivity index (χ4n) is 1.76. The van der Waals surface area contributed by atoms with Crippen molar-refractivity contribution >= 4 is 33.2 Å². The molecule has 0 aliphatic rings. The molecule has 0 unspecified atom stereocenters. The molecule has 0 heterocycles. The number of unbranched alkanes of at least 4 members (excludes halogenated alkanes) is 2. The fraction of sp³-hybridized carbons (Fsp3) is 0.538. The van der Waals surface area contributed by atoms with Crippen LogP contribution in [-0.2, 0) is 5.33 Å². The van der Waals surface area contributed by atoms with Gasteiger partial charge < -0.3 is 4.90 Å². The highest BCUT2D eigenvalue weighted by atomic mass is 79.9. The van der Waals surface area contributed by atoms with E-state index in [1.165, 1.54) is 30.5 Å². The average Bonchev–Trinajstić information content (AvgIpc) is 2.29. The molecular weight excluding hydrogens is 286 g/mol. The number of rotatable bonds is 6. The molecule has 0 saturated carbocycles. The molecule has 0 N–H and O–H groups in total. The Labute approximate surface area is 112 Å². The number of alkyl halides is 1. The third kappa shape index (κ3) is 3.67. The topological polar surface area (TPSA) is 3.24 Å². The van der Waals surface area contributed by atoms with Crippen molar-refractivity contribution in [2.75, 3.05) is 18.5 Å². The summed E-state index contributed by atoms with van der Waals surface area (Å²) in [5.74, 6) is 0. The first-order valence-corrected chi connectivity index (χ1v) is 7.25. The summed E-state index contributed by atoms with van der Waals surface area (Å²) >= 11 is 9.68. The lowest BCUT2D eigenvalue weighted by molar-refractivity contribution is 0.704. The van der Waals surface area contributed by atoms with Crippen molar-refractivity contribution in [2.24, 2.45) is 0 Å². The average molecular weight is 305 g/mol. The molecular formula is C13H19BrClN. The van der Waals surface area contributed by atoms with Crippen LogP contribution in [0.1, 0.15) is 31.7 Å². The predicted octanol–water partition coefficient (Wildman–Crippen LogP) is 4.86. The van der Waals surface area contributed by atoms with Gasteiger partial charge in [-0.05, 0) is 18.6 Å². The summed E-state index contributed by atoms with van der Waals surface area (Å²) in [6, 6.07) is 6.09. The molecule has 16 heavy (non-hydrogen) atoms. The normalized spacial score (nSPS) is 10.5. The van der Waals surface area contributed by atoms with Crippen LogP contribution in [0.4, 0.5) is 5.69 Å². The van der Waals surface area contributed by atoms with Crippen LogP contribution in [0.2, 0.25) is 5.02 Å². The fourth-order valence-corrected chi connectivity index (χ4v) is 2.74. The number of nitrogens with zero attached hydrogens (tertiary/aromatic N) is 1. The minimum absolute atomic E-state index is 0.806. The summed E-state index contributed by atoms with van der Waals surface area (Å²) in [4.78, 5) is 2.29. The molecule has 3 heteroatoms. The lowest BCUT2D eigenvalue weighted by atomic mass is 10.1. The Morgan fingerprint density at radius 3 is 2.69 bits per heavy atom. The smallest absolute Gasteiger partial charge is 0.0467 e. The maximum Gasteiger partial charge on any atom is 0.0467 e. The van der Waals surface area contributed by atoms with Crippen molar-refractivity contribution < 1.29 is 0 Å². The molecule has 1 aromatic rings. The summed E-state index contributed by atoms with van der Waals surface area (Å²) in [6.45, 7) is 3.32. The quantitative estimate of drug-likeness (QED) is 0.536. The van der Waals surface area contributed by atoms with Gasteiger partial charge in [0.05, 0.1) is 0 Å². The number of hydrogen-bond donors (Lipinski definition) is 0.